The predicted octanol–water partition coefficient (Wildman–Crippen LogP) is 2.51. The maximum Gasteiger partial charge on any atom is 0.411 e. The molecule has 0 atom stereocenters. The van der Waals surface area contributed by atoms with Gasteiger partial charge in [0, 0.05) is 0 Å². The fraction of sp³-hybridized carbons (Fsp3) is 0.250. The summed E-state index contributed by atoms with van der Waals surface area (Å²) in [5.41, 5.74) is 0.128. The summed E-state index contributed by atoms with van der Waals surface area (Å²) in [6.45, 7) is -1.95. The van der Waals surface area contributed by atoms with Gasteiger partial charge in [-0.25, -0.2) is 4.79 Å². The molecule has 0 aliphatic heterocycles. The van der Waals surface area contributed by atoms with Crippen molar-refractivity contribution >= 4 is 5.97 Å². The number of halogens is 3. The Morgan fingerprint density at radius 3 is 2.67 bits per heavy atom. The van der Waals surface area contributed by atoms with Gasteiger partial charge in [-0.15, -0.1) is 10.2 Å². The first-order chi connectivity index (χ1) is 9.87. The summed E-state index contributed by atoms with van der Waals surface area (Å²) in [7, 11) is 0. The van der Waals surface area contributed by atoms with Crippen molar-refractivity contribution in [2.24, 2.45) is 0 Å². The molecule has 0 bridgehead atoms. The summed E-state index contributed by atoms with van der Waals surface area (Å²) >= 11 is 0. The fourth-order valence-corrected chi connectivity index (χ4v) is 1.53. The third kappa shape index (κ3) is 4.02. The monoisotopic (exact) mass is 302 g/mol. The molecule has 0 fully saturated rings. The lowest BCUT2D eigenvalue weighted by molar-refractivity contribution is -0.177. The van der Waals surface area contributed by atoms with Crippen molar-refractivity contribution in [1.82, 2.24) is 10.2 Å². The van der Waals surface area contributed by atoms with E-state index in [2.05, 4.69) is 14.9 Å². The molecule has 0 spiro atoms. The molecule has 0 amide bonds. The molecular formula is C12H9F3N2O4. The number of carboxylic acid groups (broad SMARTS) is 1. The van der Waals surface area contributed by atoms with Crippen molar-refractivity contribution in [3.63, 3.8) is 0 Å². The van der Waals surface area contributed by atoms with Crippen LogP contribution in [-0.4, -0.2) is 34.1 Å². The van der Waals surface area contributed by atoms with E-state index in [1.165, 1.54) is 18.2 Å². The van der Waals surface area contributed by atoms with Crippen LogP contribution in [0.5, 0.6) is 0 Å². The Hall–Kier alpha value is -2.42. The molecule has 0 radical (unpaired) electrons. The average molecular weight is 302 g/mol. The van der Waals surface area contributed by atoms with Crippen molar-refractivity contribution in [2.75, 3.05) is 6.61 Å². The minimum Gasteiger partial charge on any atom is -0.478 e. The number of carboxylic acids is 1. The fourth-order valence-electron chi connectivity index (χ4n) is 1.53. The molecule has 6 nitrogen and oxygen atoms in total. The van der Waals surface area contributed by atoms with E-state index in [-0.39, 0.29) is 22.9 Å². The third-order valence-electron chi connectivity index (χ3n) is 2.35. The zero-order valence-electron chi connectivity index (χ0n) is 10.4. The summed E-state index contributed by atoms with van der Waals surface area (Å²) in [6, 6.07) is 5.90. The molecule has 1 heterocycles. The average Bonchev–Trinajstić information content (AvgIpc) is 2.86. The number of aromatic nitrogens is 2. The van der Waals surface area contributed by atoms with Gasteiger partial charge in [0.25, 0.3) is 0 Å². The van der Waals surface area contributed by atoms with Crippen molar-refractivity contribution in [3.8, 4) is 11.5 Å². The number of benzene rings is 1. The summed E-state index contributed by atoms with van der Waals surface area (Å²) in [6.07, 6.45) is -4.45. The van der Waals surface area contributed by atoms with Gasteiger partial charge < -0.3 is 14.3 Å². The minimum atomic E-state index is -4.45. The summed E-state index contributed by atoms with van der Waals surface area (Å²) in [5, 5.41) is 16.1. The van der Waals surface area contributed by atoms with Gasteiger partial charge in [-0.05, 0) is 12.1 Å². The first-order valence-electron chi connectivity index (χ1n) is 5.66. The number of aromatic carboxylic acids is 1. The van der Waals surface area contributed by atoms with Gasteiger partial charge in [0.05, 0.1) is 11.1 Å². The van der Waals surface area contributed by atoms with Gasteiger partial charge >= 0.3 is 12.1 Å². The first-order valence-corrected chi connectivity index (χ1v) is 5.66. The Morgan fingerprint density at radius 2 is 2.00 bits per heavy atom. The van der Waals surface area contributed by atoms with Crippen molar-refractivity contribution in [1.29, 1.82) is 0 Å². The van der Waals surface area contributed by atoms with Crippen LogP contribution in [0.1, 0.15) is 16.2 Å². The van der Waals surface area contributed by atoms with E-state index >= 15 is 0 Å². The van der Waals surface area contributed by atoms with Crippen LogP contribution in [-0.2, 0) is 11.3 Å². The Bertz CT molecular complexity index is 639. The second kappa shape index (κ2) is 5.92. The van der Waals surface area contributed by atoms with E-state index in [1.54, 1.807) is 6.07 Å². The number of carbonyl (C=O) groups is 1. The predicted molar refractivity (Wildman–Crippen MR) is 62.4 cm³/mol. The number of rotatable bonds is 5. The standard InChI is InChI=1S/C12H9F3N2O4/c13-12(14,15)6-20-5-9-16-17-10(21-9)7-3-1-2-4-8(7)11(18)19/h1-4H,5-6H2,(H,18,19). The van der Waals surface area contributed by atoms with Crippen LogP contribution in [0.3, 0.4) is 0 Å². The molecule has 0 unspecified atom stereocenters. The largest absolute Gasteiger partial charge is 0.478 e. The van der Waals surface area contributed by atoms with Crippen LogP contribution >= 0.6 is 0 Å². The van der Waals surface area contributed by atoms with Gasteiger partial charge in [0.15, 0.2) is 0 Å². The SMILES string of the molecule is O=C(O)c1ccccc1-c1nnc(COCC(F)(F)F)o1. The van der Waals surface area contributed by atoms with Crippen LogP contribution < -0.4 is 0 Å². The van der Waals surface area contributed by atoms with Gasteiger partial charge in [-0.2, -0.15) is 13.2 Å². The van der Waals surface area contributed by atoms with Gasteiger partial charge in [-0.3, -0.25) is 0 Å². The zero-order valence-corrected chi connectivity index (χ0v) is 10.4. The number of ether oxygens (including phenoxy) is 1. The molecule has 112 valence electrons. The number of hydrogen-bond acceptors (Lipinski definition) is 5. The summed E-state index contributed by atoms with van der Waals surface area (Å²) < 4.78 is 45.2. The van der Waals surface area contributed by atoms with E-state index in [1.807, 2.05) is 0 Å². The van der Waals surface area contributed by atoms with Crippen molar-refractivity contribution in [3.05, 3.63) is 35.7 Å². The smallest absolute Gasteiger partial charge is 0.411 e. The lowest BCUT2D eigenvalue weighted by atomic mass is 10.1. The lowest BCUT2D eigenvalue weighted by Gasteiger charge is -2.04. The highest BCUT2D eigenvalue weighted by molar-refractivity contribution is 5.94. The van der Waals surface area contributed by atoms with Crippen LogP contribution in [0.15, 0.2) is 28.7 Å². The molecule has 21 heavy (non-hydrogen) atoms. The molecule has 1 N–H and O–H groups in total. The summed E-state index contributed by atoms with van der Waals surface area (Å²) in [4.78, 5) is 11.0. The topological polar surface area (TPSA) is 85.5 Å². The third-order valence-corrected chi connectivity index (χ3v) is 2.35. The van der Waals surface area contributed by atoms with E-state index in [0.29, 0.717) is 0 Å². The van der Waals surface area contributed by atoms with E-state index < -0.39 is 25.4 Å². The van der Waals surface area contributed by atoms with Crippen molar-refractivity contribution in [2.45, 2.75) is 12.8 Å². The summed E-state index contributed by atoms with van der Waals surface area (Å²) in [5.74, 6) is -1.45. The maximum atomic E-state index is 11.9. The molecule has 1 aromatic carbocycles. The highest BCUT2D eigenvalue weighted by atomic mass is 19.4. The van der Waals surface area contributed by atoms with Crippen LogP contribution in [0, 0.1) is 0 Å². The number of hydrogen-bond donors (Lipinski definition) is 1. The van der Waals surface area contributed by atoms with Gasteiger partial charge in [0.2, 0.25) is 11.8 Å². The zero-order chi connectivity index (χ0) is 15.5. The van der Waals surface area contributed by atoms with E-state index in [9.17, 15) is 18.0 Å². The molecule has 0 aliphatic rings. The molecular weight excluding hydrogens is 293 g/mol. The lowest BCUT2D eigenvalue weighted by Crippen LogP contribution is -2.16. The second-order valence-electron chi connectivity index (χ2n) is 3.96. The first kappa shape index (κ1) is 15.0. The second-order valence-corrected chi connectivity index (χ2v) is 3.96. The Balaban J connectivity index is 2.12. The normalized spacial score (nSPS) is 11.6. The number of alkyl halides is 3. The van der Waals surface area contributed by atoms with Gasteiger partial charge in [0.1, 0.15) is 13.2 Å². The minimum absolute atomic E-state index is 0.0519. The Morgan fingerprint density at radius 1 is 1.29 bits per heavy atom. The molecule has 2 aromatic rings. The maximum absolute atomic E-state index is 11.9. The van der Waals surface area contributed by atoms with Crippen LogP contribution in [0.2, 0.25) is 0 Å². The van der Waals surface area contributed by atoms with Crippen molar-refractivity contribution < 1.29 is 32.2 Å². The van der Waals surface area contributed by atoms with Gasteiger partial charge in [-0.1, -0.05) is 12.1 Å². The quantitative estimate of drug-likeness (QED) is 0.913. The highest BCUT2D eigenvalue weighted by Gasteiger charge is 2.27. The van der Waals surface area contributed by atoms with Crippen LogP contribution in [0.25, 0.3) is 11.5 Å². The van der Waals surface area contributed by atoms with E-state index in [4.69, 9.17) is 9.52 Å². The molecule has 9 heteroatoms. The number of nitrogens with zero attached hydrogens (tertiary/aromatic N) is 2. The molecule has 1 aromatic heterocycles. The van der Waals surface area contributed by atoms with E-state index in [0.717, 1.165) is 0 Å². The molecule has 2 rings (SSSR count). The Labute approximate surface area is 116 Å². The van der Waals surface area contributed by atoms with Crippen LogP contribution in [0.4, 0.5) is 13.2 Å². The Kier molecular flexibility index (Phi) is 4.22. The molecule has 0 aliphatic carbocycles. The highest BCUT2D eigenvalue weighted by Crippen LogP contribution is 2.23. The molecule has 0 saturated carbocycles. The molecule has 0 saturated heterocycles.